The number of nitrogens with one attached hydrogen (secondary N) is 1. The first-order chi connectivity index (χ1) is 9.29. The van der Waals surface area contributed by atoms with Crippen LogP contribution in [0.25, 0.3) is 0 Å². The Kier molecular flexibility index (Phi) is 5.71. The summed E-state index contributed by atoms with van der Waals surface area (Å²) in [5.41, 5.74) is 1.30. The number of rotatable bonds is 6. The molecule has 1 aliphatic carbocycles. The fraction of sp³-hybridized carbons (Fsp3) is 0.647. The number of benzene rings is 1. The molecular weight excluding hydrogens is 234 g/mol. The molecule has 0 radical (unpaired) electrons. The Morgan fingerprint density at radius 1 is 1.16 bits per heavy atom. The molecule has 0 atom stereocenters. The largest absolute Gasteiger partial charge is 0.496 e. The van der Waals surface area contributed by atoms with E-state index >= 15 is 0 Å². The Labute approximate surface area is 117 Å². The van der Waals surface area contributed by atoms with Crippen molar-refractivity contribution < 1.29 is 4.74 Å². The van der Waals surface area contributed by atoms with Gasteiger partial charge in [0.1, 0.15) is 5.75 Å². The van der Waals surface area contributed by atoms with Crippen molar-refractivity contribution in [2.24, 2.45) is 11.8 Å². The van der Waals surface area contributed by atoms with Crippen LogP contribution in [0, 0.1) is 11.8 Å². The van der Waals surface area contributed by atoms with E-state index in [9.17, 15) is 0 Å². The molecule has 1 fully saturated rings. The first-order valence-electron chi connectivity index (χ1n) is 7.62. The average Bonchev–Trinajstić information content (AvgIpc) is 2.46. The highest BCUT2D eigenvalue weighted by molar-refractivity contribution is 5.33. The van der Waals surface area contributed by atoms with E-state index in [2.05, 4.69) is 24.4 Å². The summed E-state index contributed by atoms with van der Waals surface area (Å²) in [5.74, 6) is 2.86. The molecule has 0 amide bonds. The first-order valence-corrected chi connectivity index (χ1v) is 7.62. The van der Waals surface area contributed by atoms with Gasteiger partial charge in [-0.1, -0.05) is 38.0 Å². The van der Waals surface area contributed by atoms with Gasteiger partial charge < -0.3 is 10.1 Å². The molecule has 1 aliphatic rings. The Hall–Kier alpha value is -1.02. The van der Waals surface area contributed by atoms with Crippen LogP contribution in [0.15, 0.2) is 24.3 Å². The Morgan fingerprint density at radius 2 is 1.89 bits per heavy atom. The van der Waals surface area contributed by atoms with Crippen molar-refractivity contribution in [2.75, 3.05) is 20.2 Å². The maximum absolute atomic E-state index is 5.38. The van der Waals surface area contributed by atoms with Gasteiger partial charge in [-0.15, -0.1) is 0 Å². The lowest BCUT2D eigenvalue weighted by atomic mass is 9.83. The van der Waals surface area contributed by atoms with Crippen molar-refractivity contribution in [2.45, 2.75) is 39.0 Å². The second kappa shape index (κ2) is 7.54. The Morgan fingerprint density at radius 3 is 2.63 bits per heavy atom. The van der Waals surface area contributed by atoms with Gasteiger partial charge >= 0.3 is 0 Å². The van der Waals surface area contributed by atoms with Crippen LogP contribution in [-0.4, -0.2) is 20.2 Å². The monoisotopic (exact) mass is 261 g/mol. The summed E-state index contributed by atoms with van der Waals surface area (Å²) in [6.45, 7) is 4.61. The number of hydrogen-bond donors (Lipinski definition) is 1. The lowest BCUT2D eigenvalue weighted by Crippen LogP contribution is -2.27. The fourth-order valence-corrected chi connectivity index (χ4v) is 2.97. The van der Waals surface area contributed by atoms with Crippen LogP contribution in [0.2, 0.25) is 0 Å². The summed E-state index contributed by atoms with van der Waals surface area (Å²) in [6.07, 6.45) is 6.69. The smallest absolute Gasteiger partial charge is 0.122 e. The highest BCUT2D eigenvalue weighted by Crippen LogP contribution is 2.27. The summed E-state index contributed by atoms with van der Waals surface area (Å²) in [6, 6.07) is 8.31. The van der Waals surface area contributed by atoms with Crippen LogP contribution in [0.4, 0.5) is 0 Å². The minimum absolute atomic E-state index is 0.897. The average molecular weight is 261 g/mol. The summed E-state index contributed by atoms with van der Waals surface area (Å²) < 4.78 is 5.38. The summed E-state index contributed by atoms with van der Waals surface area (Å²) in [7, 11) is 1.75. The molecule has 0 saturated heterocycles. The molecule has 0 unspecified atom stereocenters. The fourth-order valence-electron chi connectivity index (χ4n) is 2.97. The molecular formula is C17H27NO. The van der Waals surface area contributed by atoms with E-state index < -0.39 is 0 Å². The van der Waals surface area contributed by atoms with Gasteiger partial charge in [0.25, 0.3) is 0 Å². The van der Waals surface area contributed by atoms with Crippen molar-refractivity contribution in [1.82, 2.24) is 5.32 Å². The molecule has 1 saturated carbocycles. The molecule has 0 aromatic heterocycles. The molecule has 106 valence electrons. The Bertz CT molecular complexity index is 369. The van der Waals surface area contributed by atoms with Gasteiger partial charge in [0.2, 0.25) is 0 Å². The van der Waals surface area contributed by atoms with Gasteiger partial charge in [0.05, 0.1) is 7.11 Å². The van der Waals surface area contributed by atoms with E-state index in [1.54, 1.807) is 7.11 Å². The minimum Gasteiger partial charge on any atom is -0.496 e. The van der Waals surface area contributed by atoms with Crippen molar-refractivity contribution >= 4 is 0 Å². The normalized spacial score (nSPS) is 23.3. The van der Waals surface area contributed by atoms with E-state index in [1.165, 1.54) is 37.8 Å². The lowest BCUT2D eigenvalue weighted by molar-refractivity contribution is 0.282. The van der Waals surface area contributed by atoms with Crippen molar-refractivity contribution in [1.29, 1.82) is 0 Å². The van der Waals surface area contributed by atoms with E-state index in [0.29, 0.717) is 0 Å². The van der Waals surface area contributed by atoms with Gasteiger partial charge in [-0.3, -0.25) is 0 Å². The molecule has 2 rings (SSSR count). The van der Waals surface area contributed by atoms with Crippen LogP contribution in [0.1, 0.15) is 38.2 Å². The molecule has 2 heteroatoms. The second-order valence-corrected chi connectivity index (χ2v) is 5.89. The van der Waals surface area contributed by atoms with Crippen molar-refractivity contribution in [3.8, 4) is 5.75 Å². The van der Waals surface area contributed by atoms with E-state index in [-0.39, 0.29) is 0 Å². The highest BCUT2D eigenvalue weighted by atomic mass is 16.5. The highest BCUT2D eigenvalue weighted by Gasteiger charge is 2.17. The third-order valence-corrected chi connectivity index (χ3v) is 4.33. The van der Waals surface area contributed by atoms with E-state index in [4.69, 9.17) is 4.74 Å². The maximum Gasteiger partial charge on any atom is 0.122 e. The zero-order chi connectivity index (χ0) is 13.5. The SMILES string of the molecule is COc1ccccc1CCNCC1CCC(C)CC1. The van der Waals surface area contributed by atoms with Gasteiger partial charge in [-0.2, -0.15) is 0 Å². The van der Waals surface area contributed by atoms with Gasteiger partial charge in [-0.05, 0) is 55.8 Å². The van der Waals surface area contributed by atoms with Crippen molar-refractivity contribution in [3.05, 3.63) is 29.8 Å². The maximum atomic E-state index is 5.38. The third-order valence-electron chi connectivity index (χ3n) is 4.33. The Balaban J connectivity index is 1.66. The quantitative estimate of drug-likeness (QED) is 0.789. The van der Waals surface area contributed by atoms with Crippen LogP contribution in [0.5, 0.6) is 5.75 Å². The molecule has 0 heterocycles. The van der Waals surface area contributed by atoms with Crippen LogP contribution in [-0.2, 0) is 6.42 Å². The molecule has 19 heavy (non-hydrogen) atoms. The van der Waals surface area contributed by atoms with Crippen LogP contribution >= 0.6 is 0 Å². The molecule has 0 aliphatic heterocycles. The van der Waals surface area contributed by atoms with Gasteiger partial charge in [0.15, 0.2) is 0 Å². The minimum atomic E-state index is 0.897. The molecule has 1 N–H and O–H groups in total. The number of hydrogen-bond acceptors (Lipinski definition) is 2. The first kappa shape index (κ1) is 14.4. The second-order valence-electron chi connectivity index (χ2n) is 5.89. The van der Waals surface area contributed by atoms with Gasteiger partial charge in [0, 0.05) is 0 Å². The summed E-state index contributed by atoms with van der Waals surface area (Å²) in [5, 5.41) is 3.61. The molecule has 2 nitrogen and oxygen atoms in total. The number of methoxy groups -OCH3 is 1. The third kappa shape index (κ3) is 4.54. The zero-order valence-electron chi connectivity index (χ0n) is 12.3. The molecule has 0 bridgehead atoms. The number of para-hydroxylation sites is 1. The number of ether oxygens (including phenoxy) is 1. The van der Waals surface area contributed by atoms with Crippen molar-refractivity contribution in [3.63, 3.8) is 0 Å². The van der Waals surface area contributed by atoms with Crippen LogP contribution in [0.3, 0.4) is 0 Å². The molecule has 0 spiro atoms. The van der Waals surface area contributed by atoms with E-state index in [0.717, 1.165) is 30.6 Å². The summed E-state index contributed by atoms with van der Waals surface area (Å²) in [4.78, 5) is 0. The molecule has 1 aromatic carbocycles. The van der Waals surface area contributed by atoms with Crippen LogP contribution < -0.4 is 10.1 Å². The summed E-state index contributed by atoms with van der Waals surface area (Å²) >= 11 is 0. The standard InChI is InChI=1S/C17H27NO/c1-14-7-9-15(10-8-14)13-18-12-11-16-5-3-4-6-17(16)19-2/h3-6,14-15,18H,7-13H2,1-2H3. The van der Waals surface area contributed by atoms with Gasteiger partial charge in [-0.25, -0.2) is 0 Å². The predicted octanol–water partition coefficient (Wildman–Crippen LogP) is 3.65. The van der Waals surface area contributed by atoms with E-state index in [1.807, 2.05) is 12.1 Å². The predicted molar refractivity (Wildman–Crippen MR) is 80.7 cm³/mol. The lowest BCUT2D eigenvalue weighted by Gasteiger charge is -2.26. The zero-order valence-corrected chi connectivity index (χ0v) is 12.3. The topological polar surface area (TPSA) is 21.3 Å². The molecule has 1 aromatic rings.